The number of aromatic nitrogens is 2. The lowest BCUT2D eigenvalue weighted by atomic mass is 10.3. The Bertz CT molecular complexity index is 408. The normalized spacial score (nSPS) is 10.8. The van der Waals surface area contributed by atoms with E-state index in [9.17, 15) is 0 Å². The van der Waals surface area contributed by atoms with Crippen molar-refractivity contribution < 1.29 is 0 Å². The van der Waals surface area contributed by atoms with Crippen LogP contribution < -0.4 is 0 Å². The van der Waals surface area contributed by atoms with E-state index < -0.39 is 0 Å². The smallest absolute Gasteiger partial charge is 0.117 e. The van der Waals surface area contributed by atoms with Gasteiger partial charge in [-0.1, -0.05) is 23.8 Å². The van der Waals surface area contributed by atoms with Gasteiger partial charge in [0.1, 0.15) is 5.82 Å². The van der Waals surface area contributed by atoms with Gasteiger partial charge in [0.25, 0.3) is 0 Å². The molecular weight excluding hydrogens is 188 g/mol. The van der Waals surface area contributed by atoms with Crippen LogP contribution in [0.15, 0.2) is 24.3 Å². The minimum Gasteiger partial charge on any atom is -0.261 e. The van der Waals surface area contributed by atoms with Gasteiger partial charge in [-0.15, -0.1) is 0 Å². The van der Waals surface area contributed by atoms with E-state index in [0.29, 0.717) is 0 Å². The summed E-state index contributed by atoms with van der Waals surface area (Å²) in [5.74, 6) is 0.983. The van der Waals surface area contributed by atoms with Crippen LogP contribution >= 0.6 is 22.6 Å². The summed E-state index contributed by atoms with van der Waals surface area (Å²) in [6.07, 6.45) is 0. The highest BCUT2D eigenvalue weighted by molar-refractivity contribution is 8.68. The van der Waals surface area contributed by atoms with Crippen LogP contribution in [0.5, 0.6) is 0 Å². The van der Waals surface area contributed by atoms with Gasteiger partial charge in [0, 0.05) is 11.0 Å². The van der Waals surface area contributed by atoms with Crippen LogP contribution in [0.1, 0.15) is 5.82 Å². The monoisotopic (exact) mass is 196 g/mol. The molecule has 0 atom stereocenters. The fourth-order valence-electron chi connectivity index (χ4n) is 1.23. The van der Waals surface area contributed by atoms with Gasteiger partial charge in [-0.3, -0.25) is 3.97 Å². The number of aryl methyl sites for hydroxylation is 1. The summed E-state index contributed by atoms with van der Waals surface area (Å²) in [6.45, 7) is 1.98. The van der Waals surface area contributed by atoms with E-state index in [4.69, 9.17) is 0 Å². The fourth-order valence-corrected chi connectivity index (χ4v) is 2.25. The summed E-state index contributed by atoms with van der Waals surface area (Å²) in [4.78, 5) is 4.38. The Kier molecular flexibility index (Phi) is 2.02. The molecule has 1 aromatic carbocycles. The molecule has 2 nitrogen and oxygen atoms in total. The molecule has 0 fully saturated rings. The lowest BCUT2D eigenvalue weighted by Crippen LogP contribution is -1.84. The molecule has 0 unspecified atom stereocenters. The highest BCUT2D eigenvalue weighted by Crippen LogP contribution is 2.22. The number of benzene rings is 1. The second kappa shape index (κ2) is 3.03. The third-order valence-corrected chi connectivity index (χ3v) is 2.87. The molecule has 0 radical (unpaired) electrons. The van der Waals surface area contributed by atoms with Gasteiger partial charge in [-0.2, -0.15) is 0 Å². The maximum atomic E-state index is 4.38. The molecule has 1 heterocycles. The molecule has 12 heavy (non-hydrogen) atoms. The van der Waals surface area contributed by atoms with Crippen molar-refractivity contribution in [3.05, 3.63) is 30.1 Å². The van der Waals surface area contributed by atoms with E-state index in [1.807, 2.05) is 35.2 Å². The maximum Gasteiger partial charge on any atom is 0.117 e. The molecule has 62 valence electrons. The lowest BCUT2D eigenvalue weighted by molar-refractivity contribution is 1.12. The average Bonchev–Trinajstić information content (AvgIpc) is 2.40. The molecule has 0 bridgehead atoms. The summed E-state index contributed by atoms with van der Waals surface area (Å²) < 4.78 is 2.00. The molecule has 0 N–H and O–H groups in total. The molecule has 0 aliphatic carbocycles. The first-order valence-corrected chi connectivity index (χ1v) is 5.41. The van der Waals surface area contributed by atoms with Gasteiger partial charge < -0.3 is 0 Å². The number of thiol groups is 1. The van der Waals surface area contributed by atoms with Crippen LogP contribution in [0.4, 0.5) is 0 Å². The van der Waals surface area contributed by atoms with Crippen molar-refractivity contribution in [3.8, 4) is 0 Å². The number of hydrogen-bond acceptors (Lipinski definition) is 3. The van der Waals surface area contributed by atoms with E-state index in [0.717, 1.165) is 16.9 Å². The molecule has 0 aliphatic rings. The van der Waals surface area contributed by atoms with E-state index in [1.165, 1.54) is 11.0 Å². The van der Waals surface area contributed by atoms with E-state index >= 15 is 0 Å². The van der Waals surface area contributed by atoms with Gasteiger partial charge in [0.05, 0.1) is 11.0 Å². The highest BCUT2D eigenvalue weighted by Gasteiger charge is 2.04. The predicted molar refractivity (Wildman–Crippen MR) is 56.4 cm³/mol. The molecule has 0 saturated carbocycles. The number of hydrogen-bond donors (Lipinski definition) is 1. The van der Waals surface area contributed by atoms with Crippen molar-refractivity contribution in [2.75, 3.05) is 0 Å². The van der Waals surface area contributed by atoms with Crippen molar-refractivity contribution >= 4 is 33.7 Å². The predicted octanol–water partition coefficient (Wildman–Crippen LogP) is 2.69. The van der Waals surface area contributed by atoms with Crippen LogP contribution in [-0.2, 0) is 0 Å². The fraction of sp³-hybridized carbons (Fsp3) is 0.125. The third kappa shape index (κ3) is 1.11. The minimum atomic E-state index is 0.983. The van der Waals surface area contributed by atoms with Gasteiger partial charge in [-0.25, -0.2) is 4.98 Å². The van der Waals surface area contributed by atoms with Crippen LogP contribution in [0.25, 0.3) is 11.0 Å². The number of rotatable bonds is 1. The van der Waals surface area contributed by atoms with E-state index in [1.54, 1.807) is 0 Å². The molecule has 4 heteroatoms. The Morgan fingerprint density at radius 3 is 2.92 bits per heavy atom. The third-order valence-electron chi connectivity index (χ3n) is 1.76. The Labute approximate surface area is 79.9 Å². The first kappa shape index (κ1) is 8.01. The summed E-state index contributed by atoms with van der Waals surface area (Å²) in [5.41, 5.74) is 2.14. The second-order valence-electron chi connectivity index (χ2n) is 2.52. The molecular formula is C8H8N2S2. The molecule has 2 rings (SSSR count). The number of fused-ring (bicyclic) bond motifs is 1. The molecule has 0 aliphatic heterocycles. The zero-order valence-corrected chi connectivity index (χ0v) is 8.27. The maximum absolute atomic E-state index is 4.38. The van der Waals surface area contributed by atoms with Gasteiger partial charge in [0.2, 0.25) is 0 Å². The highest BCUT2D eigenvalue weighted by atomic mass is 33.1. The Balaban J connectivity index is 2.81. The van der Waals surface area contributed by atoms with E-state index in [-0.39, 0.29) is 0 Å². The number of nitrogens with zero attached hydrogens (tertiary/aromatic N) is 2. The zero-order chi connectivity index (χ0) is 8.55. The van der Waals surface area contributed by atoms with Crippen LogP contribution in [0.2, 0.25) is 0 Å². The number of para-hydroxylation sites is 2. The first-order valence-electron chi connectivity index (χ1n) is 3.59. The first-order chi connectivity index (χ1) is 5.83. The van der Waals surface area contributed by atoms with Crippen molar-refractivity contribution in [2.45, 2.75) is 6.92 Å². The zero-order valence-electron chi connectivity index (χ0n) is 6.56. The van der Waals surface area contributed by atoms with Crippen LogP contribution in [0.3, 0.4) is 0 Å². The van der Waals surface area contributed by atoms with E-state index in [2.05, 4.69) is 16.6 Å². The lowest BCUT2D eigenvalue weighted by Gasteiger charge is -1.97. The van der Waals surface area contributed by atoms with Crippen molar-refractivity contribution in [1.82, 2.24) is 8.96 Å². The van der Waals surface area contributed by atoms with Crippen LogP contribution in [0, 0.1) is 6.92 Å². The largest absolute Gasteiger partial charge is 0.261 e. The molecule has 0 saturated heterocycles. The van der Waals surface area contributed by atoms with Crippen molar-refractivity contribution in [2.24, 2.45) is 0 Å². The topological polar surface area (TPSA) is 17.8 Å². The molecule has 0 amide bonds. The van der Waals surface area contributed by atoms with Crippen molar-refractivity contribution in [1.29, 1.82) is 0 Å². The standard InChI is InChI=1S/C8H8N2S2/c1-6-9-7-4-2-3-5-8(7)10(6)12-11/h2-5,11H,1H3. The Morgan fingerprint density at radius 1 is 1.42 bits per heavy atom. The average molecular weight is 196 g/mol. The quantitative estimate of drug-likeness (QED) is 0.558. The molecule has 1 aromatic heterocycles. The number of imidazole rings is 1. The van der Waals surface area contributed by atoms with Crippen LogP contribution in [-0.4, -0.2) is 8.96 Å². The summed E-state index contributed by atoms with van der Waals surface area (Å²) in [6, 6.07) is 8.04. The van der Waals surface area contributed by atoms with Gasteiger partial charge >= 0.3 is 0 Å². The minimum absolute atomic E-state index is 0.983. The molecule has 2 aromatic rings. The van der Waals surface area contributed by atoms with Gasteiger partial charge in [-0.05, 0) is 19.1 Å². The Morgan fingerprint density at radius 2 is 2.17 bits per heavy atom. The Hall–Kier alpha value is -0.610. The SMILES string of the molecule is Cc1nc2ccccc2n1SS. The summed E-state index contributed by atoms with van der Waals surface area (Å²) in [7, 11) is 1.38. The molecule has 0 spiro atoms. The van der Waals surface area contributed by atoms with Crippen molar-refractivity contribution in [3.63, 3.8) is 0 Å². The summed E-state index contributed by atoms with van der Waals surface area (Å²) in [5, 5.41) is 0. The second-order valence-corrected chi connectivity index (χ2v) is 3.54. The van der Waals surface area contributed by atoms with Gasteiger partial charge in [0.15, 0.2) is 0 Å². The summed E-state index contributed by atoms with van der Waals surface area (Å²) >= 11 is 4.16.